The van der Waals surface area contributed by atoms with Crippen molar-refractivity contribution < 1.29 is 14.7 Å². The first-order valence-electron chi connectivity index (χ1n) is 3.85. The minimum atomic E-state index is -1.17. The van der Waals surface area contributed by atoms with Gasteiger partial charge in [-0.3, -0.25) is 25.4 Å². The largest absolute Gasteiger partial charge is 0.481 e. The fraction of sp³-hybridized carbons (Fsp3) is 0.125. The number of hydrogen-bond acceptors (Lipinski definition) is 4. The average molecular weight is 195 g/mol. The van der Waals surface area contributed by atoms with Crippen molar-refractivity contribution in [3.05, 3.63) is 24.5 Å². The molecule has 1 heterocycles. The number of pyridine rings is 1. The summed E-state index contributed by atoms with van der Waals surface area (Å²) in [6.07, 6.45) is 2.54. The first-order valence-corrected chi connectivity index (χ1v) is 3.85. The molecule has 6 heteroatoms. The summed E-state index contributed by atoms with van der Waals surface area (Å²) in [4.78, 5) is 24.8. The van der Waals surface area contributed by atoms with E-state index in [9.17, 15) is 9.59 Å². The van der Waals surface area contributed by atoms with Crippen LogP contribution in [0.4, 0.5) is 5.69 Å². The predicted molar refractivity (Wildman–Crippen MR) is 48.3 cm³/mol. The molecule has 0 aliphatic heterocycles. The lowest BCUT2D eigenvalue weighted by Gasteiger charge is -2.05. The summed E-state index contributed by atoms with van der Waals surface area (Å²) in [5.74, 6) is -1.77. The van der Waals surface area contributed by atoms with Crippen molar-refractivity contribution in [3.8, 4) is 0 Å². The van der Waals surface area contributed by atoms with Crippen LogP contribution in [-0.2, 0) is 9.59 Å². The normalized spacial score (nSPS) is 9.14. The molecule has 6 nitrogen and oxygen atoms in total. The van der Waals surface area contributed by atoms with Crippen LogP contribution in [0.25, 0.3) is 0 Å². The Morgan fingerprint density at radius 2 is 2.00 bits per heavy atom. The molecule has 0 atom stereocenters. The Labute approximate surface area is 79.9 Å². The summed E-state index contributed by atoms with van der Waals surface area (Å²) in [5.41, 5.74) is 5.42. The van der Waals surface area contributed by atoms with Crippen molar-refractivity contribution >= 4 is 17.6 Å². The minimum absolute atomic E-state index is 0.557. The van der Waals surface area contributed by atoms with Crippen LogP contribution in [0.2, 0.25) is 0 Å². The molecule has 14 heavy (non-hydrogen) atoms. The van der Waals surface area contributed by atoms with E-state index in [1.54, 1.807) is 24.5 Å². The van der Waals surface area contributed by atoms with Crippen molar-refractivity contribution in [1.29, 1.82) is 0 Å². The number of hydrogen-bond donors (Lipinski definition) is 3. The van der Waals surface area contributed by atoms with E-state index in [-0.39, 0.29) is 0 Å². The highest BCUT2D eigenvalue weighted by molar-refractivity contribution is 5.93. The highest BCUT2D eigenvalue weighted by Gasteiger charge is 2.05. The van der Waals surface area contributed by atoms with E-state index in [1.807, 2.05) is 0 Å². The molecule has 0 spiro atoms. The van der Waals surface area contributed by atoms with Crippen molar-refractivity contribution in [2.45, 2.75) is 6.42 Å². The highest BCUT2D eigenvalue weighted by Crippen LogP contribution is 2.00. The third-order valence-electron chi connectivity index (χ3n) is 1.34. The molecule has 1 aromatic heterocycles. The second-order valence-electron chi connectivity index (χ2n) is 2.48. The fourth-order valence-electron chi connectivity index (χ4n) is 0.759. The fourth-order valence-corrected chi connectivity index (χ4v) is 0.759. The van der Waals surface area contributed by atoms with Crippen LogP contribution in [0.1, 0.15) is 6.42 Å². The first-order chi connectivity index (χ1) is 6.68. The molecule has 0 saturated carbocycles. The van der Waals surface area contributed by atoms with Crippen LogP contribution in [0, 0.1) is 0 Å². The maximum Gasteiger partial charge on any atom is 0.312 e. The first kappa shape index (κ1) is 9.97. The lowest BCUT2D eigenvalue weighted by Crippen LogP contribution is -2.30. The van der Waals surface area contributed by atoms with Gasteiger partial charge < -0.3 is 5.11 Å². The molecular formula is C8H9N3O3. The molecule has 0 radical (unpaired) electrons. The second kappa shape index (κ2) is 4.80. The van der Waals surface area contributed by atoms with Crippen molar-refractivity contribution in [1.82, 2.24) is 10.4 Å². The van der Waals surface area contributed by atoms with Crippen molar-refractivity contribution in [2.75, 3.05) is 5.43 Å². The lowest BCUT2D eigenvalue weighted by molar-refractivity contribution is -0.140. The van der Waals surface area contributed by atoms with Crippen LogP contribution in [0.15, 0.2) is 24.5 Å². The summed E-state index contributed by atoms with van der Waals surface area (Å²) >= 11 is 0. The molecule has 0 fully saturated rings. The van der Waals surface area contributed by atoms with Crippen LogP contribution in [-0.4, -0.2) is 22.0 Å². The Balaban J connectivity index is 2.34. The number of carboxylic acids is 1. The van der Waals surface area contributed by atoms with Gasteiger partial charge in [0.2, 0.25) is 5.91 Å². The maximum absolute atomic E-state index is 10.9. The van der Waals surface area contributed by atoms with Crippen LogP contribution in [0.5, 0.6) is 0 Å². The zero-order chi connectivity index (χ0) is 10.4. The molecule has 1 aromatic rings. The van der Waals surface area contributed by atoms with Crippen LogP contribution in [0.3, 0.4) is 0 Å². The lowest BCUT2D eigenvalue weighted by atomic mass is 10.4. The van der Waals surface area contributed by atoms with E-state index in [4.69, 9.17) is 5.11 Å². The van der Waals surface area contributed by atoms with E-state index in [0.717, 1.165) is 0 Å². The van der Waals surface area contributed by atoms with E-state index >= 15 is 0 Å². The van der Waals surface area contributed by atoms with Gasteiger partial charge in [0.25, 0.3) is 0 Å². The number of carbonyl (C=O) groups excluding carboxylic acids is 1. The number of hydrazine groups is 1. The molecule has 1 rings (SSSR count). The molecule has 74 valence electrons. The van der Waals surface area contributed by atoms with Crippen LogP contribution < -0.4 is 10.9 Å². The Hall–Kier alpha value is -2.11. The molecule has 0 unspecified atom stereocenters. The van der Waals surface area contributed by atoms with Gasteiger partial charge in [-0.25, -0.2) is 0 Å². The summed E-state index contributed by atoms with van der Waals surface area (Å²) in [6.45, 7) is 0. The van der Waals surface area contributed by atoms with Gasteiger partial charge in [-0.15, -0.1) is 0 Å². The Morgan fingerprint density at radius 3 is 2.57 bits per heavy atom. The van der Waals surface area contributed by atoms with Gasteiger partial charge in [-0.05, 0) is 12.1 Å². The molecule has 0 aliphatic carbocycles. The van der Waals surface area contributed by atoms with Gasteiger partial charge in [-0.2, -0.15) is 0 Å². The number of amides is 1. The minimum Gasteiger partial charge on any atom is -0.481 e. The number of carbonyl (C=O) groups is 2. The molecule has 3 N–H and O–H groups in total. The van der Waals surface area contributed by atoms with Gasteiger partial charge in [0.15, 0.2) is 0 Å². The zero-order valence-corrected chi connectivity index (χ0v) is 7.23. The van der Waals surface area contributed by atoms with E-state index in [1.165, 1.54) is 0 Å². The Morgan fingerprint density at radius 1 is 1.36 bits per heavy atom. The quantitative estimate of drug-likeness (QED) is 0.464. The number of aliphatic carboxylic acids is 1. The van der Waals surface area contributed by atoms with Gasteiger partial charge in [0.05, 0.1) is 5.69 Å². The van der Waals surface area contributed by atoms with Gasteiger partial charge in [0, 0.05) is 12.4 Å². The molecular weight excluding hydrogens is 186 g/mol. The number of rotatable bonds is 4. The molecule has 0 bridgehead atoms. The van der Waals surface area contributed by atoms with E-state index in [2.05, 4.69) is 15.8 Å². The van der Waals surface area contributed by atoms with E-state index in [0.29, 0.717) is 5.69 Å². The SMILES string of the molecule is O=C(O)CC(=O)NNc1ccncc1. The average Bonchev–Trinajstić information content (AvgIpc) is 2.15. The number of anilines is 1. The summed E-state index contributed by atoms with van der Waals surface area (Å²) in [5, 5.41) is 8.28. The Kier molecular flexibility index (Phi) is 3.42. The summed E-state index contributed by atoms with van der Waals surface area (Å²) in [7, 11) is 0. The zero-order valence-electron chi connectivity index (χ0n) is 7.23. The maximum atomic E-state index is 10.9. The number of nitrogens with zero attached hydrogens (tertiary/aromatic N) is 1. The molecule has 0 saturated heterocycles. The standard InChI is InChI=1S/C8H9N3O3/c12-7(5-8(13)14)11-10-6-1-3-9-4-2-6/h1-4H,5H2,(H,9,10)(H,11,12)(H,13,14). The summed E-state index contributed by atoms with van der Waals surface area (Å²) < 4.78 is 0. The predicted octanol–water partition coefficient (Wildman–Crippen LogP) is -0.000600. The number of aromatic nitrogens is 1. The molecule has 0 aliphatic rings. The van der Waals surface area contributed by atoms with Gasteiger partial charge >= 0.3 is 5.97 Å². The van der Waals surface area contributed by atoms with Gasteiger partial charge in [0.1, 0.15) is 6.42 Å². The number of nitrogens with one attached hydrogen (secondary N) is 2. The topological polar surface area (TPSA) is 91.3 Å². The molecule has 1 amide bonds. The smallest absolute Gasteiger partial charge is 0.312 e. The third kappa shape index (κ3) is 3.53. The van der Waals surface area contributed by atoms with Crippen molar-refractivity contribution in [3.63, 3.8) is 0 Å². The third-order valence-corrected chi connectivity index (χ3v) is 1.34. The van der Waals surface area contributed by atoms with Crippen LogP contribution >= 0.6 is 0 Å². The monoisotopic (exact) mass is 195 g/mol. The Bertz CT molecular complexity index is 326. The van der Waals surface area contributed by atoms with E-state index < -0.39 is 18.3 Å². The van der Waals surface area contributed by atoms with Crippen molar-refractivity contribution in [2.24, 2.45) is 0 Å². The second-order valence-corrected chi connectivity index (χ2v) is 2.48. The molecule has 0 aromatic carbocycles. The number of carboxylic acid groups (broad SMARTS) is 1. The summed E-state index contributed by atoms with van der Waals surface area (Å²) in [6, 6.07) is 3.28. The van der Waals surface area contributed by atoms with Gasteiger partial charge in [-0.1, -0.05) is 0 Å². The highest BCUT2D eigenvalue weighted by atomic mass is 16.4.